The van der Waals surface area contributed by atoms with Gasteiger partial charge in [-0.2, -0.15) is 0 Å². The number of hydrazine groups is 1. The monoisotopic (exact) mass is 340 g/mol. The van der Waals surface area contributed by atoms with E-state index in [0.29, 0.717) is 0 Å². The maximum atomic E-state index is 13.9. The van der Waals surface area contributed by atoms with Crippen LogP contribution < -0.4 is 11.3 Å². The summed E-state index contributed by atoms with van der Waals surface area (Å²) < 4.78 is 28.2. The second-order valence-electron chi connectivity index (χ2n) is 4.73. The van der Waals surface area contributed by atoms with Crippen LogP contribution in [-0.2, 0) is 0 Å². The van der Waals surface area contributed by atoms with Gasteiger partial charge >= 0.3 is 0 Å². The summed E-state index contributed by atoms with van der Waals surface area (Å²) in [5.41, 5.74) is 5.55. The van der Waals surface area contributed by atoms with E-state index < -0.39 is 17.7 Å². The number of hydrogen-bond donors (Lipinski definition) is 2. The lowest BCUT2D eigenvalue weighted by molar-refractivity contribution is 0.545. The number of benzene rings is 2. The third-order valence-electron chi connectivity index (χ3n) is 3.23. The number of nitrogens with two attached hydrogens (primary N) is 1. The van der Waals surface area contributed by atoms with Crippen LogP contribution in [0.15, 0.2) is 34.8 Å². The molecule has 5 heteroatoms. The average Bonchev–Trinajstić information content (AvgIpc) is 2.40. The number of aryl methyl sites for hydroxylation is 2. The number of hydrogen-bond acceptors (Lipinski definition) is 2. The van der Waals surface area contributed by atoms with Gasteiger partial charge in [0.15, 0.2) is 0 Å². The first-order chi connectivity index (χ1) is 9.43. The fraction of sp³-hybridized carbons (Fsp3) is 0.200. The van der Waals surface area contributed by atoms with Crippen LogP contribution >= 0.6 is 15.9 Å². The standard InChI is InChI=1S/C15H15BrF2N2/c1-8-5-10(6-9(2)14(8)16)15(20-19)12-7-11(17)3-4-13(12)18/h3-7,15,20H,19H2,1-2H3. The summed E-state index contributed by atoms with van der Waals surface area (Å²) >= 11 is 3.48. The van der Waals surface area contributed by atoms with Crippen molar-refractivity contribution in [2.24, 2.45) is 5.84 Å². The summed E-state index contributed by atoms with van der Waals surface area (Å²) in [6, 6.07) is 6.54. The Bertz CT molecular complexity index is 621. The molecule has 2 rings (SSSR count). The zero-order chi connectivity index (χ0) is 14.9. The van der Waals surface area contributed by atoms with Crippen molar-refractivity contribution in [1.82, 2.24) is 5.43 Å². The van der Waals surface area contributed by atoms with Crippen molar-refractivity contribution in [1.29, 1.82) is 0 Å². The minimum absolute atomic E-state index is 0.189. The molecule has 0 saturated carbocycles. The van der Waals surface area contributed by atoms with E-state index in [1.807, 2.05) is 26.0 Å². The van der Waals surface area contributed by atoms with Gasteiger partial charge in [-0.05, 0) is 48.7 Å². The quantitative estimate of drug-likeness (QED) is 0.656. The highest BCUT2D eigenvalue weighted by molar-refractivity contribution is 9.10. The summed E-state index contributed by atoms with van der Waals surface area (Å²) in [4.78, 5) is 0. The van der Waals surface area contributed by atoms with Gasteiger partial charge in [0.1, 0.15) is 11.6 Å². The van der Waals surface area contributed by atoms with Crippen molar-refractivity contribution in [3.05, 3.63) is 68.7 Å². The molecule has 2 aromatic rings. The topological polar surface area (TPSA) is 38.0 Å². The minimum Gasteiger partial charge on any atom is -0.271 e. The molecule has 0 amide bonds. The molecule has 0 spiro atoms. The lowest BCUT2D eigenvalue weighted by atomic mass is 9.95. The Labute approximate surface area is 125 Å². The molecule has 0 bridgehead atoms. The van der Waals surface area contributed by atoms with Crippen LogP contribution in [0.25, 0.3) is 0 Å². The first-order valence-electron chi connectivity index (χ1n) is 6.11. The highest BCUT2D eigenvalue weighted by Gasteiger charge is 2.18. The lowest BCUT2D eigenvalue weighted by Crippen LogP contribution is -2.29. The first kappa shape index (κ1) is 15.1. The van der Waals surface area contributed by atoms with Crippen molar-refractivity contribution in [2.75, 3.05) is 0 Å². The molecule has 0 aliphatic heterocycles. The largest absolute Gasteiger partial charge is 0.271 e. The van der Waals surface area contributed by atoms with E-state index in [2.05, 4.69) is 21.4 Å². The number of halogens is 3. The molecular weight excluding hydrogens is 326 g/mol. The van der Waals surface area contributed by atoms with E-state index in [4.69, 9.17) is 5.84 Å². The summed E-state index contributed by atoms with van der Waals surface area (Å²) in [6.45, 7) is 3.88. The van der Waals surface area contributed by atoms with Gasteiger partial charge in [-0.15, -0.1) is 0 Å². The fourth-order valence-electron chi connectivity index (χ4n) is 2.25. The third-order valence-corrected chi connectivity index (χ3v) is 4.48. The SMILES string of the molecule is Cc1cc(C(NN)c2cc(F)ccc2F)cc(C)c1Br. The van der Waals surface area contributed by atoms with Crippen molar-refractivity contribution < 1.29 is 8.78 Å². The van der Waals surface area contributed by atoms with Crippen LogP contribution in [0.5, 0.6) is 0 Å². The molecule has 2 aromatic carbocycles. The molecule has 0 aliphatic carbocycles. The zero-order valence-corrected chi connectivity index (χ0v) is 12.8. The van der Waals surface area contributed by atoms with Crippen LogP contribution in [-0.4, -0.2) is 0 Å². The van der Waals surface area contributed by atoms with Gasteiger partial charge in [0.2, 0.25) is 0 Å². The number of nitrogens with one attached hydrogen (secondary N) is 1. The van der Waals surface area contributed by atoms with Gasteiger partial charge in [-0.25, -0.2) is 14.2 Å². The second-order valence-corrected chi connectivity index (χ2v) is 5.53. The summed E-state index contributed by atoms with van der Waals surface area (Å²) in [5.74, 6) is 4.56. The Kier molecular flexibility index (Phi) is 4.52. The van der Waals surface area contributed by atoms with Gasteiger partial charge in [-0.3, -0.25) is 5.84 Å². The Morgan fingerprint density at radius 2 is 1.70 bits per heavy atom. The lowest BCUT2D eigenvalue weighted by Gasteiger charge is -2.19. The minimum atomic E-state index is -0.601. The molecule has 0 heterocycles. The third kappa shape index (κ3) is 2.90. The molecule has 0 saturated heterocycles. The van der Waals surface area contributed by atoms with E-state index in [9.17, 15) is 8.78 Å². The second kappa shape index (κ2) is 5.99. The van der Waals surface area contributed by atoms with E-state index in [-0.39, 0.29) is 5.56 Å². The molecule has 106 valence electrons. The normalized spacial score (nSPS) is 12.5. The molecule has 1 atom stereocenters. The van der Waals surface area contributed by atoms with E-state index >= 15 is 0 Å². The van der Waals surface area contributed by atoms with Gasteiger partial charge in [0.05, 0.1) is 6.04 Å². The molecule has 2 nitrogen and oxygen atoms in total. The van der Waals surface area contributed by atoms with Crippen LogP contribution in [0.3, 0.4) is 0 Å². The Morgan fingerprint density at radius 3 is 2.25 bits per heavy atom. The maximum Gasteiger partial charge on any atom is 0.128 e. The van der Waals surface area contributed by atoms with Crippen LogP contribution in [0.2, 0.25) is 0 Å². The van der Waals surface area contributed by atoms with Gasteiger partial charge in [0.25, 0.3) is 0 Å². The molecule has 1 unspecified atom stereocenters. The van der Waals surface area contributed by atoms with Crippen LogP contribution in [0.1, 0.15) is 28.3 Å². The van der Waals surface area contributed by atoms with E-state index in [0.717, 1.165) is 39.4 Å². The maximum absolute atomic E-state index is 13.9. The van der Waals surface area contributed by atoms with E-state index in [1.54, 1.807) is 0 Å². The fourth-order valence-corrected chi connectivity index (χ4v) is 2.48. The smallest absolute Gasteiger partial charge is 0.128 e. The molecule has 0 radical (unpaired) electrons. The van der Waals surface area contributed by atoms with E-state index in [1.165, 1.54) is 0 Å². The van der Waals surface area contributed by atoms with Crippen molar-refractivity contribution in [2.45, 2.75) is 19.9 Å². The molecule has 0 fully saturated rings. The molecule has 0 aliphatic rings. The summed E-state index contributed by atoms with van der Waals surface area (Å²) in [7, 11) is 0. The van der Waals surface area contributed by atoms with Gasteiger partial charge in [-0.1, -0.05) is 28.1 Å². The summed E-state index contributed by atoms with van der Waals surface area (Å²) in [6.07, 6.45) is 0. The predicted octanol–water partition coefficient (Wildman–Crippen LogP) is 3.90. The average molecular weight is 341 g/mol. The van der Waals surface area contributed by atoms with Crippen molar-refractivity contribution in [3.63, 3.8) is 0 Å². The van der Waals surface area contributed by atoms with Crippen molar-refractivity contribution >= 4 is 15.9 Å². The zero-order valence-electron chi connectivity index (χ0n) is 11.2. The van der Waals surface area contributed by atoms with Crippen LogP contribution in [0.4, 0.5) is 8.78 Å². The van der Waals surface area contributed by atoms with Crippen LogP contribution in [0, 0.1) is 25.5 Å². The molecule has 0 aromatic heterocycles. The highest BCUT2D eigenvalue weighted by Crippen LogP contribution is 2.29. The molecule has 3 N–H and O–H groups in total. The Morgan fingerprint density at radius 1 is 1.10 bits per heavy atom. The molecule has 20 heavy (non-hydrogen) atoms. The van der Waals surface area contributed by atoms with Crippen molar-refractivity contribution in [3.8, 4) is 0 Å². The Balaban J connectivity index is 2.55. The number of rotatable bonds is 3. The predicted molar refractivity (Wildman–Crippen MR) is 79.1 cm³/mol. The Hall–Kier alpha value is -1.30. The van der Waals surface area contributed by atoms with Gasteiger partial charge in [0, 0.05) is 10.0 Å². The molecular formula is C15H15BrF2N2. The first-order valence-corrected chi connectivity index (χ1v) is 6.91. The highest BCUT2D eigenvalue weighted by atomic mass is 79.9. The summed E-state index contributed by atoms with van der Waals surface area (Å²) in [5, 5.41) is 0. The van der Waals surface area contributed by atoms with Gasteiger partial charge < -0.3 is 0 Å².